The van der Waals surface area contributed by atoms with Gasteiger partial charge in [0.15, 0.2) is 6.61 Å². The second-order valence-electron chi connectivity index (χ2n) is 15.4. The lowest BCUT2D eigenvalue weighted by Gasteiger charge is -2.58. The molecule has 4 aliphatic rings. The average molecular weight is 589 g/mol. The molecular weight excluding hydrogens is 536 g/mol. The van der Waals surface area contributed by atoms with Crippen molar-refractivity contribution in [2.75, 3.05) is 6.61 Å². The summed E-state index contributed by atoms with van der Waals surface area (Å²) in [5.74, 6) is 5.10. The Hall–Kier alpha value is -2.56. The van der Waals surface area contributed by atoms with Gasteiger partial charge in [-0.25, -0.2) is 9.59 Å². The van der Waals surface area contributed by atoms with Crippen LogP contribution in [0.3, 0.4) is 0 Å². The molecule has 2 aromatic rings. The van der Waals surface area contributed by atoms with Crippen LogP contribution in [0.15, 0.2) is 51.2 Å². The molecule has 0 N–H and O–H groups in total. The van der Waals surface area contributed by atoms with Crippen LogP contribution in [-0.2, 0) is 9.53 Å². The van der Waals surface area contributed by atoms with Gasteiger partial charge >= 0.3 is 11.6 Å². The van der Waals surface area contributed by atoms with E-state index in [2.05, 4.69) is 40.7 Å². The van der Waals surface area contributed by atoms with Gasteiger partial charge in [-0.15, -0.1) is 0 Å². The van der Waals surface area contributed by atoms with Crippen LogP contribution < -0.4 is 10.4 Å². The summed E-state index contributed by atoms with van der Waals surface area (Å²) in [6.45, 7) is 12.3. The fourth-order valence-corrected chi connectivity index (χ4v) is 10.2. The van der Waals surface area contributed by atoms with Crippen LogP contribution in [0.4, 0.5) is 0 Å². The number of hydrogen-bond acceptors (Lipinski definition) is 5. The minimum absolute atomic E-state index is 0.0852. The lowest BCUT2D eigenvalue weighted by molar-refractivity contribution is -0.153. The van der Waals surface area contributed by atoms with E-state index in [-0.39, 0.29) is 24.1 Å². The zero-order chi connectivity index (χ0) is 30.4. The smallest absolute Gasteiger partial charge is 0.344 e. The summed E-state index contributed by atoms with van der Waals surface area (Å²) >= 11 is 0. The molecule has 8 atom stereocenters. The molecule has 1 aromatic carbocycles. The number of fused-ring (bicyclic) bond motifs is 6. The second kappa shape index (κ2) is 12.1. The third-order valence-corrected chi connectivity index (χ3v) is 12.5. The van der Waals surface area contributed by atoms with E-state index < -0.39 is 5.63 Å². The SMILES string of the molecule is CC(C)CCC[C@@H](C)[C@H]1CC[C@@H]2[C@@H]3CC=C4C[C@@H](OC(=O)COc5ccc6ccc(=O)oc6c5)CC[C@]4(C)[C@@H]3CC[C@@]21C. The van der Waals surface area contributed by atoms with Crippen LogP contribution in [0.1, 0.15) is 105 Å². The van der Waals surface area contributed by atoms with Crippen LogP contribution in [0.25, 0.3) is 11.0 Å². The first-order valence-corrected chi connectivity index (χ1v) is 17.1. The maximum absolute atomic E-state index is 12.8. The van der Waals surface area contributed by atoms with Crippen LogP contribution in [0.5, 0.6) is 5.75 Å². The van der Waals surface area contributed by atoms with Crippen LogP contribution in [0.2, 0.25) is 0 Å². The molecule has 1 aromatic heterocycles. The summed E-state index contributed by atoms with van der Waals surface area (Å²) in [4.78, 5) is 24.3. The molecule has 43 heavy (non-hydrogen) atoms. The van der Waals surface area contributed by atoms with Crippen molar-refractivity contribution in [3.05, 3.63) is 52.4 Å². The maximum Gasteiger partial charge on any atom is 0.344 e. The highest BCUT2D eigenvalue weighted by molar-refractivity contribution is 5.78. The van der Waals surface area contributed by atoms with Gasteiger partial charge in [0, 0.05) is 23.9 Å². The van der Waals surface area contributed by atoms with Crippen molar-refractivity contribution in [2.45, 2.75) is 111 Å². The lowest BCUT2D eigenvalue weighted by atomic mass is 9.47. The van der Waals surface area contributed by atoms with E-state index in [1.54, 1.807) is 18.2 Å². The number of ether oxygens (including phenoxy) is 2. The summed E-state index contributed by atoms with van der Waals surface area (Å²) in [7, 11) is 0. The van der Waals surface area contributed by atoms with Gasteiger partial charge in [-0.05, 0) is 109 Å². The number of carbonyl (C=O) groups is 1. The Bertz CT molecular complexity index is 1400. The highest BCUT2D eigenvalue weighted by Crippen LogP contribution is 2.67. The normalized spacial score (nSPS) is 34.2. The standard InChI is InChI=1S/C38H52O5/c1-24(2)7-6-8-25(3)31-14-15-32-30-13-11-27-21-29(17-19-37(27,4)33(30)18-20-38(31,32)5)42-36(40)23-41-28-12-9-26-10-16-35(39)43-34(26)22-28/h9-12,16,22,24-25,29-33H,6-8,13-15,17-21,23H2,1-5H3/t25-,29+,30+,31-,32-,33-,37+,38-/m1/s1. The van der Waals surface area contributed by atoms with Crippen LogP contribution in [0, 0.1) is 46.3 Å². The van der Waals surface area contributed by atoms with Crippen molar-refractivity contribution >= 4 is 16.9 Å². The molecular formula is C38H52O5. The van der Waals surface area contributed by atoms with Crippen molar-refractivity contribution in [3.63, 3.8) is 0 Å². The molecule has 5 heteroatoms. The Labute approximate surface area is 257 Å². The molecule has 3 saturated carbocycles. The van der Waals surface area contributed by atoms with Gasteiger partial charge in [-0.1, -0.05) is 65.5 Å². The molecule has 0 unspecified atom stereocenters. The zero-order valence-electron chi connectivity index (χ0n) is 27.0. The van der Waals surface area contributed by atoms with Crippen LogP contribution >= 0.6 is 0 Å². The molecule has 5 nitrogen and oxygen atoms in total. The Morgan fingerprint density at radius 1 is 1.00 bits per heavy atom. The first kappa shape index (κ1) is 30.5. The number of esters is 1. The topological polar surface area (TPSA) is 65.7 Å². The fourth-order valence-electron chi connectivity index (χ4n) is 10.2. The molecule has 0 saturated heterocycles. The summed E-state index contributed by atoms with van der Waals surface area (Å²) in [5, 5.41) is 0.810. The summed E-state index contributed by atoms with van der Waals surface area (Å²) in [6.07, 6.45) is 16.3. The zero-order valence-corrected chi connectivity index (χ0v) is 27.0. The average Bonchev–Trinajstić information content (AvgIpc) is 3.33. The highest BCUT2D eigenvalue weighted by Gasteiger charge is 2.59. The molecule has 0 bridgehead atoms. The minimum atomic E-state index is -0.409. The first-order chi connectivity index (χ1) is 20.6. The van der Waals surface area contributed by atoms with Crippen molar-refractivity contribution in [3.8, 4) is 5.75 Å². The number of rotatable bonds is 9. The molecule has 1 heterocycles. The van der Waals surface area contributed by atoms with E-state index in [1.165, 1.54) is 63.0 Å². The molecule has 0 spiro atoms. The largest absolute Gasteiger partial charge is 0.482 e. The van der Waals surface area contributed by atoms with Gasteiger partial charge in [-0.3, -0.25) is 0 Å². The van der Waals surface area contributed by atoms with Crippen molar-refractivity contribution in [1.82, 2.24) is 0 Å². The number of benzene rings is 1. The Morgan fingerprint density at radius 3 is 2.63 bits per heavy atom. The van der Waals surface area contributed by atoms with Crippen molar-refractivity contribution < 1.29 is 18.7 Å². The maximum atomic E-state index is 12.8. The molecule has 4 aliphatic carbocycles. The van der Waals surface area contributed by atoms with Gasteiger partial charge in [0.2, 0.25) is 0 Å². The number of carbonyl (C=O) groups excluding carboxylic acids is 1. The summed E-state index contributed by atoms with van der Waals surface area (Å²) in [5.41, 5.74) is 2.31. The molecule has 0 radical (unpaired) electrons. The fraction of sp³-hybridized carbons (Fsp3) is 0.684. The molecule has 234 valence electrons. The lowest BCUT2D eigenvalue weighted by Crippen LogP contribution is -2.51. The van der Waals surface area contributed by atoms with Crippen molar-refractivity contribution in [2.24, 2.45) is 46.3 Å². The number of hydrogen-bond donors (Lipinski definition) is 0. The van der Waals surface area contributed by atoms with Crippen molar-refractivity contribution in [1.29, 1.82) is 0 Å². The number of allylic oxidation sites excluding steroid dienone is 1. The van der Waals surface area contributed by atoms with Gasteiger partial charge in [-0.2, -0.15) is 0 Å². The van der Waals surface area contributed by atoms with Gasteiger partial charge in [0.25, 0.3) is 0 Å². The summed E-state index contributed by atoms with van der Waals surface area (Å²) < 4.78 is 16.9. The Kier molecular flexibility index (Phi) is 8.56. The first-order valence-electron chi connectivity index (χ1n) is 17.1. The summed E-state index contributed by atoms with van der Waals surface area (Å²) in [6, 6.07) is 8.35. The predicted molar refractivity (Wildman–Crippen MR) is 171 cm³/mol. The van der Waals surface area contributed by atoms with E-state index in [9.17, 15) is 9.59 Å². The van der Waals surface area contributed by atoms with Crippen LogP contribution in [-0.4, -0.2) is 18.7 Å². The Morgan fingerprint density at radius 2 is 1.81 bits per heavy atom. The highest BCUT2D eigenvalue weighted by atomic mass is 16.6. The second-order valence-corrected chi connectivity index (χ2v) is 15.4. The van der Waals surface area contributed by atoms with E-state index in [0.29, 0.717) is 16.7 Å². The van der Waals surface area contributed by atoms with E-state index in [0.717, 1.165) is 60.2 Å². The third kappa shape index (κ3) is 5.94. The monoisotopic (exact) mass is 588 g/mol. The molecule has 3 fully saturated rings. The van der Waals surface area contributed by atoms with Gasteiger partial charge in [0.1, 0.15) is 17.4 Å². The van der Waals surface area contributed by atoms with E-state index >= 15 is 0 Å². The van der Waals surface area contributed by atoms with Gasteiger partial charge < -0.3 is 13.9 Å². The predicted octanol–water partition coefficient (Wildman–Crippen LogP) is 9.13. The molecule has 0 amide bonds. The third-order valence-electron chi connectivity index (χ3n) is 12.5. The minimum Gasteiger partial charge on any atom is -0.482 e. The van der Waals surface area contributed by atoms with E-state index in [4.69, 9.17) is 13.9 Å². The quantitative estimate of drug-likeness (QED) is 0.166. The van der Waals surface area contributed by atoms with Gasteiger partial charge in [0.05, 0.1) is 0 Å². The van der Waals surface area contributed by atoms with E-state index in [1.807, 2.05) is 6.07 Å². The molecule has 6 rings (SSSR count). The molecule has 0 aliphatic heterocycles. The Balaban J connectivity index is 1.05.